The Labute approximate surface area is 192 Å². The van der Waals surface area contributed by atoms with E-state index in [1.807, 2.05) is 69.3 Å². The average molecular weight is 443 g/mol. The molecule has 0 unspecified atom stereocenters. The molecule has 1 N–H and O–H groups in total. The first-order valence-electron chi connectivity index (χ1n) is 10.7. The zero-order chi connectivity index (χ0) is 23.4. The lowest BCUT2D eigenvalue weighted by Gasteiger charge is -2.12. The topological polar surface area (TPSA) is 73.6 Å². The van der Waals surface area contributed by atoms with Crippen LogP contribution >= 0.6 is 0 Å². The number of amides is 1. The lowest BCUT2D eigenvalue weighted by Crippen LogP contribution is -2.11. The minimum Gasteiger partial charge on any atom is -0.497 e. The zero-order valence-corrected chi connectivity index (χ0v) is 19.1. The maximum Gasteiger partial charge on any atom is 0.249 e. The van der Waals surface area contributed by atoms with Gasteiger partial charge in [0.05, 0.1) is 20.0 Å². The highest BCUT2D eigenvalue weighted by atomic mass is 16.5. The second-order valence-corrected chi connectivity index (χ2v) is 7.64. The molecule has 4 rings (SSSR count). The van der Waals surface area contributed by atoms with E-state index in [1.54, 1.807) is 25.6 Å². The number of aryl methyl sites for hydroxylation is 1. The van der Waals surface area contributed by atoms with Crippen molar-refractivity contribution in [1.82, 2.24) is 4.98 Å². The van der Waals surface area contributed by atoms with Crippen molar-refractivity contribution in [1.29, 1.82) is 0 Å². The summed E-state index contributed by atoms with van der Waals surface area (Å²) < 4.78 is 17.1. The van der Waals surface area contributed by atoms with Gasteiger partial charge in [-0.1, -0.05) is 18.2 Å². The second kappa shape index (κ2) is 9.61. The molecule has 2 aromatic carbocycles. The number of allylic oxidation sites excluding steroid dienone is 1. The predicted molar refractivity (Wildman–Crippen MR) is 131 cm³/mol. The largest absolute Gasteiger partial charge is 0.497 e. The Morgan fingerprint density at radius 1 is 1.18 bits per heavy atom. The van der Waals surface area contributed by atoms with Crippen molar-refractivity contribution in [3.8, 4) is 22.6 Å². The minimum absolute atomic E-state index is 0.253. The summed E-state index contributed by atoms with van der Waals surface area (Å²) in [6.07, 6.45) is 4.94. The number of hydrogen-bond donors (Lipinski definition) is 1. The summed E-state index contributed by atoms with van der Waals surface area (Å²) in [5.41, 5.74) is 5.12. The molecule has 0 fully saturated rings. The van der Waals surface area contributed by atoms with Gasteiger partial charge >= 0.3 is 0 Å². The molecule has 1 amide bonds. The highest BCUT2D eigenvalue weighted by Crippen LogP contribution is 2.38. The number of carbonyl (C=O) groups is 1. The molecule has 0 saturated heterocycles. The molecule has 2 heterocycles. The van der Waals surface area contributed by atoms with E-state index in [4.69, 9.17) is 13.9 Å². The van der Waals surface area contributed by atoms with E-state index in [-0.39, 0.29) is 5.91 Å². The SMILES string of the molecule is CCOc1cc2occ(-c3cccc(OC)c3)c2cc1/C(C)=C/C(=O)Nc1ncccc1C. The van der Waals surface area contributed by atoms with Crippen molar-refractivity contribution in [2.45, 2.75) is 20.8 Å². The van der Waals surface area contributed by atoms with Gasteiger partial charge in [-0.2, -0.15) is 0 Å². The molecule has 0 saturated carbocycles. The molecular formula is C27H26N2O4. The van der Waals surface area contributed by atoms with Gasteiger partial charge in [0, 0.05) is 34.9 Å². The van der Waals surface area contributed by atoms with Gasteiger partial charge in [0.25, 0.3) is 0 Å². The van der Waals surface area contributed by atoms with Crippen molar-refractivity contribution >= 4 is 28.3 Å². The third-order valence-corrected chi connectivity index (χ3v) is 5.38. The fraction of sp³-hybridized carbons (Fsp3) is 0.185. The molecular weight excluding hydrogens is 416 g/mol. The summed E-state index contributed by atoms with van der Waals surface area (Å²) >= 11 is 0. The fourth-order valence-electron chi connectivity index (χ4n) is 3.70. The highest BCUT2D eigenvalue weighted by molar-refractivity contribution is 6.05. The van der Waals surface area contributed by atoms with Crippen molar-refractivity contribution in [3.05, 3.63) is 78.2 Å². The third-order valence-electron chi connectivity index (χ3n) is 5.38. The quantitative estimate of drug-likeness (QED) is 0.342. The molecule has 6 heteroatoms. The molecule has 4 aromatic rings. The van der Waals surface area contributed by atoms with Crippen molar-refractivity contribution in [2.75, 3.05) is 19.0 Å². The number of ether oxygens (including phenoxy) is 2. The highest BCUT2D eigenvalue weighted by Gasteiger charge is 2.16. The smallest absolute Gasteiger partial charge is 0.249 e. The van der Waals surface area contributed by atoms with Crippen LogP contribution in [-0.4, -0.2) is 24.6 Å². The Hall–Kier alpha value is -4.06. The Morgan fingerprint density at radius 3 is 2.79 bits per heavy atom. The maximum absolute atomic E-state index is 12.7. The summed E-state index contributed by atoms with van der Waals surface area (Å²) in [7, 11) is 1.64. The molecule has 0 atom stereocenters. The van der Waals surface area contributed by atoms with Gasteiger partial charge in [-0.25, -0.2) is 4.98 Å². The fourth-order valence-corrected chi connectivity index (χ4v) is 3.70. The number of hydrogen-bond acceptors (Lipinski definition) is 5. The first-order chi connectivity index (χ1) is 16.0. The van der Waals surface area contributed by atoms with Crippen LogP contribution in [0.4, 0.5) is 5.82 Å². The van der Waals surface area contributed by atoms with Crippen LogP contribution in [-0.2, 0) is 4.79 Å². The van der Waals surface area contributed by atoms with Gasteiger partial charge in [-0.3, -0.25) is 4.79 Å². The lowest BCUT2D eigenvalue weighted by molar-refractivity contribution is -0.111. The number of nitrogens with one attached hydrogen (secondary N) is 1. The average Bonchev–Trinajstić information content (AvgIpc) is 3.23. The molecule has 0 aliphatic carbocycles. The number of methoxy groups -OCH3 is 1. The number of rotatable bonds is 7. The van der Waals surface area contributed by atoms with Crippen LogP contribution in [0.15, 0.2) is 71.5 Å². The van der Waals surface area contributed by atoms with Gasteiger partial charge in [0.1, 0.15) is 22.9 Å². The van der Waals surface area contributed by atoms with Crippen LogP contribution in [0.25, 0.3) is 27.7 Å². The van der Waals surface area contributed by atoms with E-state index < -0.39 is 0 Å². The second-order valence-electron chi connectivity index (χ2n) is 7.64. The van der Waals surface area contributed by atoms with E-state index in [1.165, 1.54) is 0 Å². The zero-order valence-electron chi connectivity index (χ0n) is 19.1. The number of furan rings is 1. The van der Waals surface area contributed by atoms with E-state index in [9.17, 15) is 4.79 Å². The first-order valence-corrected chi connectivity index (χ1v) is 10.7. The Bertz CT molecular complexity index is 1340. The van der Waals surface area contributed by atoms with Crippen LogP contribution in [0.3, 0.4) is 0 Å². The van der Waals surface area contributed by atoms with E-state index >= 15 is 0 Å². The van der Waals surface area contributed by atoms with Crippen molar-refractivity contribution in [2.24, 2.45) is 0 Å². The molecule has 0 aliphatic heterocycles. The van der Waals surface area contributed by atoms with Gasteiger partial charge in [-0.15, -0.1) is 0 Å². The Balaban J connectivity index is 1.74. The monoisotopic (exact) mass is 442 g/mol. The number of pyridine rings is 1. The lowest BCUT2D eigenvalue weighted by atomic mass is 9.99. The van der Waals surface area contributed by atoms with Crippen molar-refractivity contribution < 1.29 is 18.7 Å². The molecule has 6 nitrogen and oxygen atoms in total. The molecule has 0 aliphatic rings. The van der Waals surface area contributed by atoms with E-state index in [2.05, 4.69) is 10.3 Å². The molecule has 2 aromatic heterocycles. The molecule has 168 valence electrons. The third kappa shape index (κ3) is 4.75. The summed E-state index contributed by atoms with van der Waals surface area (Å²) in [5, 5.41) is 3.77. The van der Waals surface area contributed by atoms with E-state index in [0.29, 0.717) is 23.8 Å². The number of aromatic nitrogens is 1. The van der Waals surface area contributed by atoms with Crippen LogP contribution < -0.4 is 14.8 Å². The summed E-state index contributed by atoms with van der Waals surface area (Å²) in [5.74, 6) is 1.72. The standard InChI is InChI=1S/C27H26N2O4/c1-5-32-24-15-25-22(23(16-33-25)19-9-6-10-20(13-19)31-4)14-21(24)18(3)12-26(30)29-27-17(2)8-7-11-28-27/h6-16H,5H2,1-4H3,(H,28,29,30)/b18-12+. The summed E-state index contributed by atoms with van der Waals surface area (Å²) in [4.78, 5) is 16.9. The summed E-state index contributed by atoms with van der Waals surface area (Å²) in [6.45, 7) is 6.21. The van der Waals surface area contributed by atoms with Gasteiger partial charge in [0.2, 0.25) is 5.91 Å². The minimum atomic E-state index is -0.253. The van der Waals surface area contributed by atoms with Gasteiger partial charge < -0.3 is 19.2 Å². The first kappa shape index (κ1) is 22.1. The van der Waals surface area contributed by atoms with Crippen LogP contribution in [0.1, 0.15) is 25.0 Å². The predicted octanol–water partition coefficient (Wildman–Crippen LogP) is 6.25. The molecule has 0 spiro atoms. The number of nitrogens with zero attached hydrogens (tertiary/aromatic N) is 1. The van der Waals surface area contributed by atoms with E-state index in [0.717, 1.165) is 39.0 Å². The molecule has 33 heavy (non-hydrogen) atoms. The molecule has 0 radical (unpaired) electrons. The number of fused-ring (bicyclic) bond motifs is 1. The summed E-state index contributed by atoms with van der Waals surface area (Å²) in [6, 6.07) is 15.4. The van der Waals surface area contributed by atoms with Crippen LogP contribution in [0.2, 0.25) is 0 Å². The van der Waals surface area contributed by atoms with Crippen LogP contribution in [0, 0.1) is 6.92 Å². The van der Waals surface area contributed by atoms with Crippen LogP contribution in [0.5, 0.6) is 11.5 Å². The van der Waals surface area contributed by atoms with Gasteiger partial charge in [0.15, 0.2) is 0 Å². The van der Waals surface area contributed by atoms with Crippen molar-refractivity contribution in [3.63, 3.8) is 0 Å². The Morgan fingerprint density at radius 2 is 2.03 bits per heavy atom. The number of benzene rings is 2. The maximum atomic E-state index is 12.7. The number of carbonyl (C=O) groups excluding carboxylic acids is 1. The Kier molecular flexibility index (Phi) is 6.45. The van der Waals surface area contributed by atoms with Gasteiger partial charge in [-0.05, 0) is 61.7 Å². The number of anilines is 1. The normalized spacial score (nSPS) is 11.5. The molecule has 0 bridgehead atoms.